The zero-order chi connectivity index (χ0) is 9.78. The Hall–Kier alpha value is -0.200. The average Bonchev–Trinajstić information content (AvgIpc) is 2.16. The SMILES string of the molecule is [O]CCOCCOCCOCCO. The van der Waals surface area contributed by atoms with E-state index in [2.05, 4.69) is 0 Å². The standard InChI is InChI=1S/C8H17O5/c9-1-3-11-5-7-13-8-6-12-4-2-10/h9H,1-8H2. The van der Waals surface area contributed by atoms with Gasteiger partial charge in [-0.2, -0.15) is 0 Å². The molecule has 79 valence electrons. The molecule has 1 radical (unpaired) electrons. The zero-order valence-corrected chi connectivity index (χ0v) is 7.74. The van der Waals surface area contributed by atoms with Gasteiger partial charge in [-0.05, 0) is 0 Å². The molecule has 13 heavy (non-hydrogen) atoms. The minimum Gasteiger partial charge on any atom is -0.394 e. The molecule has 0 saturated carbocycles. The monoisotopic (exact) mass is 193 g/mol. The molecule has 0 aromatic carbocycles. The van der Waals surface area contributed by atoms with Gasteiger partial charge in [-0.1, -0.05) is 0 Å². The van der Waals surface area contributed by atoms with Crippen LogP contribution in [-0.2, 0) is 19.3 Å². The van der Waals surface area contributed by atoms with Crippen LogP contribution in [0.15, 0.2) is 0 Å². The van der Waals surface area contributed by atoms with Crippen molar-refractivity contribution in [1.29, 1.82) is 0 Å². The van der Waals surface area contributed by atoms with E-state index in [-0.39, 0.29) is 19.8 Å². The van der Waals surface area contributed by atoms with Crippen molar-refractivity contribution in [2.45, 2.75) is 0 Å². The summed E-state index contributed by atoms with van der Waals surface area (Å²) in [7, 11) is 0. The van der Waals surface area contributed by atoms with Gasteiger partial charge in [0.1, 0.15) is 6.61 Å². The molecule has 0 rings (SSSR count). The molecule has 0 aliphatic rings. The van der Waals surface area contributed by atoms with Crippen molar-refractivity contribution in [2.75, 3.05) is 52.9 Å². The number of hydrogen-bond donors (Lipinski definition) is 1. The molecule has 5 nitrogen and oxygen atoms in total. The highest BCUT2D eigenvalue weighted by Gasteiger charge is 1.90. The quantitative estimate of drug-likeness (QED) is 0.473. The lowest BCUT2D eigenvalue weighted by Gasteiger charge is -2.04. The van der Waals surface area contributed by atoms with Crippen LogP contribution < -0.4 is 0 Å². The van der Waals surface area contributed by atoms with Gasteiger partial charge in [-0.15, -0.1) is 0 Å². The lowest BCUT2D eigenvalue weighted by molar-refractivity contribution is -0.00278. The minimum atomic E-state index is -0.209. The van der Waals surface area contributed by atoms with Crippen LogP contribution in [0.25, 0.3) is 0 Å². The first-order chi connectivity index (χ1) is 6.41. The summed E-state index contributed by atoms with van der Waals surface area (Å²) in [5, 5.41) is 18.3. The van der Waals surface area contributed by atoms with Crippen LogP contribution in [-0.4, -0.2) is 58.0 Å². The van der Waals surface area contributed by atoms with Crippen molar-refractivity contribution in [3.05, 3.63) is 0 Å². The molecule has 1 N–H and O–H groups in total. The highest BCUT2D eigenvalue weighted by atomic mass is 16.5. The average molecular weight is 193 g/mol. The summed E-state index contributed by atoms with van der Waals surface area (Å²) in [5.41, 5.74) is 0. The second kappa shape index (κ2) is 11.8. The zero-order valence-electron chi connectivity index (χ0n) is 7.74. The lowest BCUT2D eigenvalue weighted by Crippen LogP contribution is -2.11. The van der Waals surface area contributed by atoms with Crippen LogP contribution in [0.2, 0.25) is 0 Å². The molecule has 0 bridgehead atoms. The predicted octanol–water partition coefficient (Wildman–Crippen LogP) is -0.541. The molecule has 0 spiro atoms. The molecule has 0 saturated heterocycles. The van der Waals surface area contributed by atoms with E-state index in [1.807, 2.05) is 0 Å². The number of hydrogen-bond acceptors (Lipinski definition) is 4. The van der Waals surface area contributed by atoms with E-state index in [1.165, 1.54) is 0 Å². The van der Waals surface area contributed by atoms with Crippen LogP contribution in [0.1, 0.15) is 0 Å². The van der Waals surface area contributed by atoms with Crippen molar-refractivity contribution in [1.82, 2.24) is 0 Å². The van der Waals surface area contributed by atoms with E-state index in [1.54, 1.807) is 0 Å². The van der Waals surface area contributed by atoms with Crippen molar-refractivity contribution in [3.8, 4) is 0 Å². The molecule has 0 amide bonds. The molecular weight excluding hydrogens is 176 g/mol. The van der Waals surface area contributed by atoms with Crippen molar-refractivity contribution >= 4 is 0 Å². The Kier molecular flexibility index (Phi) is 11.6. The first-order valence-corrected chi connectivity index (χ1v) is 4.34. The van der Waals surface area contributed by atoms with Crippen LogP contribution in [0.3, 0.4) is 0 Å². The molecule has 0 aromatic heterocycles. The number of ether oxygens (including phenoxy) is 3. The van der Waals surface area contributed by atoms with E-state index in [9.17, 15) is 5.11 Å². The summed E-state index contributed by atoms with van der Waals surface area (Å²) in [6.07, 6.45) is 0. The largest absolute Gasteiger partial charge is 0.394 e. The van der Waals surface area contributed by atoms with E-state index in [4.69, 9.17) is 19.3 Å². The summed E-state index contributed by atoms with van der Waals surface area (Å²) in [4.78, 5) is 0. The fraction of sp³-hybridized carbons (Fsp3) is 1.00. The maximum atomic E-state index is 9.93. The van der Waals surface area contributed by atoms with Crippen molar-refractivity contribution < 1.29 is 24.4 Å². The predicted molar refractivity (Wildman–Crippen MR) is 45.1 cm³/mol. The van der Waals surface area contributed by atoms with Crippen LogP contribution in [0.4, 0.5) is 0 Å². The normalized spacial score (nSPS) is 10.6. The summed E-state index contributed by atoms with van der Waals surface area (Å²) in [6.45, 7) is 2.29. The van der Waals surface area contributed by atoms with Crippen LogP contribution in [0, 0.1) is 0 Å². The molecule has 5 heteroatoms. The summed E-state index contributed by atoms with van der Waals surface area (Å²) in [6, 6.07) is 0. The van der Waals surface area contributed by atoms with E-state index >= 15 is 0 Å². The second-order valence-electron chi connectivity index (χ2n) is 2.26. The number of rotatable bonds is 10. The Morgan fingerprint density at radius 3 is 1.69 bits per heavy atom. The Bertz CT molecular complexity index is 78.6. The Morgan fingerprint density at radius 2 is 1.23 bits per heavy atom. The summed E-state index contributed by atoms with van der Waals surface area (Å²) in [5.74, 6) is 0. The Morgan fingerprint density at radius 1 is 0.769 bits per heavy atom. The summed E-state index contributed by atoms with van der Waals surface area (Å²) < 4.78 is 14.9. The number of aliphatic hydroxyl groups excluding tert-OH is 1. The van der Waals surface area contributed by atoms with Gasteiger partial charge in [-0.25, -0.2) is 5.11 Å². The van der Waals surface area contributed by atoms with Gasteiger partial charge in [-0.3, -0.25) is 0 Å². The Labute approximate surface area is 78.2 Å². The van der Waals surface area contributed by atoms with Crippen molar-refractivity contribution in [2.24, 2.45) is 0 Å². The molecular formula is C8H17O5. The lowest BCUT2D eigenvalue weighted by atomic mass is 10.7. The first-order valence-electron chi connectivity index (χ1n) is 4.34. The highest BCUT2D eigenvalue weighted by molar-refractivity contribution is 4.33. The van der Waals surface area contributed by atoms with Gasteiger partial charge >= 0.3 is 0 Å². The topological polar surface area (TPSA) is 67.8 Å². The molecule has 0 aliphatic heterocycles. The van der Waals surface area contributed by atoms with Crippen LogP contribution in [0.5, 0.6) is 0 Å². The van der Waals surface area contributed by atoms with Gasteiger partial charge in [0.25, 0.3) is 0 Å². The van der Waals surface area contributed by atoms with Gasteiger partial charge in [0.2, 0.25) is 0 Å². The number of aliphatic hydroxyl groups is 1. The third-order valence-electron chi connectivity index (χ3n) is 1.21. The molecule has 0 aliphatic carbocycles. The van der Waals surface area contributed by atoms with Crippen molar-refractivity contribution in [3.63, 3.8) is 0 Å². The second-order valence-corrected chi connectivity index (χ2v) is 2.26. The maximum absolute atomic E-state index is 9.93. The van der Waals surface area contributed by atoms with Gasteiger partial charge in [0.05, 0.1) is 46.2 Å². The smallest absolute Gasteiger partial charge is 0.106 e. The summed E-state index contributed by atoms with van der Waals surface area (Å²) >= 11 is 0. The van der Waals surface area contributed by atoms with E-state index in [0.29, 0.717) is 33.0 Å². The van der Waals surface area contributed by atoms with Gasteiger partial charge in [0, 0.05) is 0 Å². The van der Waals surface area contributed by atoms with E-state index in [0.717, 1.165) is 0 Å². The third-order valence-corrected chi connectivity index (χ3v) is 1.21. The third kappa shape index (κ3) is 11.8. The van der Waals surface area contributed by atoms with Crippen LogP contribution >= 0.6 is 0 Å². The molecule has 0 atom stereocenters. The maximum Gasteiger partial charge on any atom is 0.106 e. The molecule has 0 fully saturated rings. The highest BCUT2D eigenvalue weighted by Crippen LogP contribution is 1.80. The fourth-order valence-corrected chi connectivity index (χ4v) is 0.665. The first kappa shape index (κ1) is 12.8. The minimum absolute atomic E-state index is 0.0343. The molecule has 0 heterocycles. The van der Waals surface area contributed by atoms with Gasteiger partial charge in [0.15, 0.2) is 0 Å². The Balaban J connectivity index is 2.76. The molecule has 0 aromatic rings. The van der Waals surface area contributed by atoms with Gasteiger partial charge < -0.3 is 19.3 Å². The fourth-order valence-electron chi connectivity index (χ4n) is 0.665. The molecule has 0 unspecified atom stereocenters. The van der Waals surface area contributed by atoms with E-state index < -0.39 is 0 Å².